The lowest BCUT2D eigenvalue weighted by Crippen LogP contribution is -2.21. The van der Waals surface area contributed by atoms with Gasteiger partial charge < -0.3 is 9.94 Å². The highest BCUT2D eigenvalue weighted by atomic mass is 16.7. The van der Waals surface area contributed by atoms with E-state index in [9.17, 15) is 9.90 Å². The van der Waals surface area contributed by atoms with Gasteiger partial charge in [-0.15, -0.1) is 0 Å². The minimum atomic E-state index is -1.23. The molecular formula is C9H11NO3. The second kappa shape index (κ2) is 4.59. The zero-order chi connectivity index (χ0) is 9.68. The molecular weight excluding hydrogens is 170 g/mol. The first-order valence-electron chi connectivity index (χ1n) is 3.86. The van der Waals surface area contributed by atoms with E-state index >= 15 is 0 Å². The lowest BCUT2D eigenvalue weighted by atomic mass is 10.1. The van der Waals surface area contributed by atoms with Crippen LogP contribution in [0.2, 0.25) is 0 Å². The second-order valence-electron chi connectivity index (χ2n) is 2.44. The van der Waals surface area contributed by atoms with E-state index in [1.165, 1.54) is 7.05 Å². The second-order valence-corrected chi connectivity index (χ2v) is 2.44. The van der Waals surface area contributed by atoms with Crippen LogP contribution in [-0.2, 0) is 9.63 Å². The number of benzene rings is 1. The van der Waals surface area contributed by atoms with Crippen LogP contribution in [0.3, 0.4) is 0 Å². The van der Waals surface area contributed by atoms with E-state index in [1.807, 2.05) is 0 Å². The Hall–Kier alpha value is -1.39. The molecule has 4 nitrogen and oxygen atoms in total. The van der Waals surface area contributed by atoms with Gasteiger partial charge in [-0.05, 0) is 5.56 Å². The molecule has 13 heavy (non-hydrogen) atoms. The maximum absolute atomic E-state index is 11.0. The van der Waals surface area contributed by atoms with Crippen molar-refractivity contribution in [2.45, 2.75) is 6.10 Å². The van der Waals surface area contributed by atoms with Crippen LogP contribution in [0.25, 0.3) is 0 Å². The Morgan fingerprint density at radius 1 is 1.46 bits per heavy atom. The third kappa shape index (κ3) is 2.54. The molecule has 0 unspecified atom stereocenters. The third-order valence-electron chi connectivity index (χ3n) is 1.54. The molecule has 2 N–H and O–H groups in total. The maximum atomic E-state index is 11.0. The van der Waals surface area contributed by atoms with Crippen molar-refractivity contribution >= 4 is 5.97 Å². The fourth-order valence-corrected chi connectivity index (χ4v) is 0.928. The van der Waals surface area contributed by atoms with Gasteiger partial charge in [-0.2, -0.15) is 5.48 Å². The minimum absolute atomic E-state index is 0.516. The Labute approximate surface area is 76.1 Å². The highest BCUT2D eigenvalue weighted by Gasteiger charge is 2.17. The first-order chi connectivity index (χ1) is 6.25. The van der Waals surface area contributed by atoms with Crippen LogP contribution in [0.5, 0.6) is 0 Å². The fourth-order valence-electron chi connectivity index (χ4n) is 0.928. The van der Waals surface area contributed by atoms with E-state index in [2.05, 4.69) is 10.3 Å². The molecule has 1 atom stereocenters. The SMILES string of the molecule is CNOC(=O)[C@H](O)c1ccccc1. The van der Waals surface area contributed by atoms with Crippen molar-refractivity contribution < 1.29 is 14.7 Å². The number of aliphatic hydroxyl groups is 1. The molecule has 0 saturated heterocycles. The van der Waals surface area contributed by atoms with Crippen molar-refractivity contribution in [2.24, 2.45) is 0 Å². The Bertz CT molecular complexity index is 273. The van der Waals surface area contributed by atoms with Crippen LogP contribution in [0.15, 0.2) is 30.3 Å². The number of nitrogens with one attached hydrogen (secondary N) is 1. The molecule has 0 radical (unpaired) electrons. The zero-order valence-corrected chi connectivity index (χ0v) is 7.23. The van der Waals surface area contributed by atoms with Crippen molar-refractivity contribution in [1.29, 1.82) is 0 Å². The first kappa shape index (κ1) is 9.70. The predicted molar refractivity (Wildman–Crippen MR) is 46.6 cm³/mol. The zero-order valence-electron chi connectivity index (χ0n) is 7.23. The lowest BCUT2D eigenvalue weighted by molar-refractivity contribution is -0.160. The number of hydrogen-bond donors (Lipinski definition) is 2. The van der Waals surface area contributed by atoms with Crippen LogP contribution in [0, 0.1) is 0 Å². The average Bonchev–Trinajstić information content (AvgIpc) is 2.18. The topological polar surface area (TPSA) is 58.6 Å². The first-order valence-corrected chi connectivity index (χ1v) is 3.86. The third-order valence-corrected chi connectivity index (χ3v) is 1.54. The molecule has 1 rings (SSSR count). The number of carbonyl (C=O) groups excluding carboxylic acids is 1. The Kier molecular flexibility index (Phi) is 3.42. The summed E-state index contributed by atoms with van der Waals surface area (Å²) in [5.74, 6) is -0.714. The lowest BCUT2D eigenvalue weighted by Gasteiger charge is -2.08. The molecule has 0 bridgehead atoms. The summed E-state index contributed by atoms with van der Waals surface area (Å²) in [5.41, 5.74) is 2.73. The summed E-state index contributed by atoms with van der Waals surface area (Å²) in [6, 6.07) is 8.60. The van der Waals surface area contributed by atoms with Gasteiger partial charge in [-0.25, -0.2) is 4.79 Å². The van der Waals surface area contributed by atoms with Gasteiger partial charge in [0.25, 0.3) is 0 Å². The van der Waals surface area contributed by atoms with E-state index in [1.54, 1.807) is 30.3 Å². The van der Waals surface area contributed by atoms with Crippen molar-refractivity contribution in [3.63, 3.8) is 0 Å². The summed E-state index contributed by atoms with van der Waals surface area (Å²) in [4.78, 5) is 15.4. The number of carbonyl (C=O) groups is 1. The molecule has 70 valence electrons. The van der Waals surface area contributed by atoms with Crippen molar-refractivity contribution in [2.75, 3.05) is 7.05 Å². The molecule has 0 fully saturated rings. The van der Waals surface area contributed by atoms with Crippen LogP contribution in [-0.4, -0.2) is 18.1 Å². The monoisotopic (exact) mass is 181 g/mol. The molecule has 1 aromatic rings. The van der Waals surface area contributed by atoms with E-state index < -0.39 is 12.1 Å². The van der Waals surface area contributed by atoms with E-state index in [-0.39, 0.29) is 0 Å². The summed E-state index contributed by atoms with van der Waals surface area (Å²) >= 11 is 0. The summed E-state index contributed by atoms with van der Waals surface area (Å²) in [5, 5.41) is 9.41. The quantitative estimate of drug-likeness (QED) is 0.662. The summed E-state index contributed by atoms with van der Waals surface area (Å²) < 4.78 is 0. The van der Waals surface area contributed by atoms with Crippen molar-refractivity contribution in [1.82, 2.24) is 5.48 Å². The van der Waals surface area contributed by atoms with Crippen molar-refractivity contribution in [3.05, 3.63) is 35.9 Å². The highest BCUT2D eigenvalue weighted by molar-refractivity contribution is 5.75. The van der Waals surface area contributed by atoms with E-state index in [0.717, 1.165) is 0 Å². The molecule has 0 aliphatic rings. The van der Waals surface area contributed by atoms with Gasteiger partial charge in [0.05, 0.1) is 0 Å². The number of aliphatic hydroxyl groups excluding tert-OH is 1. The van der Waals surface area contributed by atoms with Gasteiger partial charge in [0.15, 0.2) is 6.10 Å². The molecule has 0 heterocycles. The van der Waals surface area contributed by atoms with Gasteiger partial charge in [-0.3, -0.25) is 0 Å². The molecule has 0 aliphatic carbocycles. The van der Waals surface area contributed by atoms with Gasteiger partial charge in [-0.1, -0.05) is 30.3 Å². The summed E-state index contributed by atoms with van der Waals surface area (Å²) in [6.07, 6.45) is -1.23. The summed E-state index contributed by atoms with van der Waals surface area (Å²) in [7, 11) is 1.45. The Morgan fingerprint density at radius 2 is 2.08 bits per heavy atom. The van der Waals surface area contributed by atoms with Gasteiger partial charge >= 0.3 is 5.97 Å². The molecule has 0 aliphatic heterocycles. The smallest absolute Gasteiger partial charge is 0.358 e. The standard InChI is InChI=1S/C9H11NO3/c1-10-13-9(12)8(11)7-5-3-2-4-6-7/h2-6,8,10-11H,1H3/t8-/m1/s1. The largest absolute Gasteiger partial charge is 0.377 e. The average molecular weight is 181 g/mol. The molecule has 0 saturated carbocycles. The molecule has 0 amide bonds. The predicted octanol–water partition coefficient (Wildman–Crippen LogP) is 0.398. The van der Waals surface area contributed by atoms with Gasteiger partial charge in [0.2, 0.25) is 0 Å². The van der Waals surface area contributed by atoms with Gasteiger partial charge in [0.1, 0.15) is 0 Å². The van der Waals surface area contributed by atoms with Crippen LogP contribution in [0.1, 0.15) is 11.7 Å². The maximum Gasteiger partial charge on any atom is 0.358 e. The molecule has 0 spiro atoms. The molecule has 0 aromatic heterocycles. The Morgan fingerprint density at radius 3 is 2.62 bits per heavy atom. The van der Waals surface area contributed by atoms with Crippen LogP contribution in [0.4, 0.5) is 0 Å². The normalized spacial score (nSPS) is 12.2. The molecule has 1 aromatic carbocycles. The Balaban J connectivity index is 2.68. The molecule has 4 heteroatoms. The van der Waals surface area contributed by atoms with Crippen LogP contribution >= 0.6 is 0 Å². The van der Waals surface area contributed by atoms with E-state index in [0.29, 0.717) is 5.56 Å². The van der Waals surface area contributed by atoms with Crippen molar-refractivity contribution in [3.8, 4) is 0 Å². The summed E-state index contributed by atoms with van der Waals surface area (Å²) in [6.45, 7) is 0. The minimum Gasteiger partial charge on any atom is -0.377 e. The number of hydroxylamine groups is 1. The van der Waals surface area contributed by atoms with E-state index in [4.69, 9.17) is 0 Å². The van der Waals surface area contributed by atoms with Crippen LogP contribution < -0.4 is 5.48 Å². The fraction of sp³-hybridized carbons (Fsp3) is 0.222. The number of rotatable bonds is 3. The number of hydrogen-bond acceptors (Lipinski definition) is 4. The van der Waals surface area contributed by atoms with Gasteiger partial charge in [0, 0.05) is 7.05 Å². The highest BCUT2D eigenvalue weighted by Crippen LogP contribution is 2.12.